The fourth-order valence-electron chi connectivity index (χ4n) is 3.11. The molecular formula is C21H19ClN4OS. The van der Waals surface area contributed by atoms with Crippen LogP contribution >= 0.6 is 23.4 Å². The molecule has 2 aromatic carbocycles. The van der Waals surface area contributed by atoms with E-state index in [1.54, 1.807) is 22.5 Å². The Balaban J connectivity index is 1.68. The monoisotopic (exact) mass is 410 g/mol. The molecule has 0 spiro atoms. The summed E-state index contributed by atoms with van der Waals surface area (Å²) in [4.78, 5) is 22.3. The van der Waals surface area contributed by atoms with Gasteiger partial charge in [-0.15, -0.1) is 0 Å². The molecule has 4 rings (SSSR count). The fraction of sp³-hybridized carbons (Fsp3) is 0.190. The predicted molar refractivity (Wildman–Crippen MR) is 114 cm³/mol. The minimum absolute atomic E-state index is 0.0110. The maximum absolute atomic E-state index is 13.1. The number of fused-ring (bicyclic) bond motifs is 1. The maximum Gasteiger partial charge on any atom is 0.261 e. The molecule has 0 bridgehead atoms. The number of rotatable bonds is 6. The zero-order valence-electron chi connectivity index (χ0n) is 15.4. The lowest BCUT2D eigenvalue weighted by Crippen LogP contribution is -2.26. The average Bonchev–Trinajstić information content (AvgIpc) is 3.11. The van der Waals surface area contributed by atoms with Crippen molar-refractivity contribution in [3.8, 4) is 0 Å². The summed E-state index contributed by atoms with van der Waals surface area (Å²) in [5.41, 5.74) is 1.81. The van der Waals surface area contributed by atoms with E-state index in [-0.39, 0.29) is 5.56 Å². The van der Waals surface area contributed by atoms with Crippen LogP contribution in [-0.2, 0) is 25.8 Å². The van der Waals surface area contributed by atoms with E-state index in [0.717, 1.165) is 22.1 Å². The molecule has 0 N–H and O–H groups in total. The highest BCUT2D eigenvalue weighted by molar-refractivity contribution is 7.98. The first kappa shape index (κ1) is 18.8. The first-order valence-corrected chi connectivity index (χ1v) is 10.3. The lowest BCUT2D eigenvalue weighted by molar-refractivity contribution is 0.634. The normalized spacial score (nSPS) is 11.2. The summed E-state index contributed by atoms with van der Waals surface area (Å²) in [5, 5.41) is 2.23. The largest absolute Gasteiger partial charge is 0.329 e. The number of benzene rings is 2. The minimum Gasteiger partial charge on any atom is -0.329 e. The number of imidazole rings is 1. The van der Waals surface area contributed by atoms with Crippen molar-refractivity contribution < 1.29 is 0 Å². The van der Waals surface area contributed by atoms with Gasteiger partial charge in [0.25, 0.3) is 5.56 Å². The maximum atomic E-state index is 13.1. The molecule has 2 heterocycles. The van der Waals surface area contributed by atoms with Crippen LogP contribution in [0.1, 0.15) is 11.4 Å². The Morgan fingerprint density at radius 1 is 1.14 bits per heavy atom. The number of aryl methyl sites for hydroxylation is 2. The zero-order chi connectivity index (χ0) is 19.5. The number of halogens is 1. The Morgan fingerprint density at radius 3 is 2.79 bits per heavy atom. The van der Waals surface area contributed by atoms with E-state index in [1.807, 2.05) is 66.3 Å². The van der Waals surface area contributed by atoms with Gasteiger partial charge in [0.15, 0.2) is 5.16 Å². The number of hydrogen-bond acceptors (Lipinski definition) is 4. The molecule has 7 heteroatoms. The van der Waals surface area contributed by atoms with Gasteiger partial charge in [0.2, 0.25) is 0 Å². The highest BCUT2D eigenvalue weighted by Gasteiger charge is 2.12. The topological polar surface area (TPSA) is 52.7 Å². The number of para-hydroxylation sites is 1. The van der Waals surface area contributed by atoms with Crippen molar-refractivity contribution in [1.82, 2.24) is 19.1 Å². The van der Waals surface area contributed by atoms with Crippen LogP contribution in [-0.4, -0.2) is 19.1 Å². The third-order valence-electron chi connectivity index (χ3n) is 4.56. The van der Waals surface area contributed by atoms with Gasteiger partial charge in [0.05, 0.1) is 16.7 Å². The zero-order valence-corrected chi connectivity index (χ0v) is 17.0. The van der Waals surface area contributed by atoms with Crippen LogP contribution in [0, 0.1) is 0 Å². The van der Waals surface area contributed by atoms with Crippen molar-refractivity contribution in [3.05, 3.63) is 87.7 Å². The van der Waals surface area contributed by atoms with E-state index in [2.05, 4.69) is 4.98 Å². The van der Waals surface area contributed by atoms with E-state index in [9.17, 15) is 4.79 Å². The summed E-state index contributed by atoms with van der Waals surface area (Å²) in [6.07, 6.45) is 4.38. The molecule has 0 amide bonds. The van der Waals surface area contributed by atoms with Crippen molar-refractivity contribution in [3.63, 3.8) is 0 Å². The summed E-state index contributed by atoms with van der Waals surface area (Å²) in [6, 6.07) is 15.2. The molecule has 0 fully saturated rings. The van der Waals surface area contributed by atoms with Crippen LogP contribution in [0.25, 0.3) is 10.9 Å². The first-order chi connectivity index (χ1) is 13.6. The predicted octanol–water partition coefficient (Wildman–Crippen LogP) is 4.32. The lowest BCUT2D eigenvalue weighted by atomic mass is 10.1. The molecule has 2 aromatic heterocycles. The van der Waals surface area contributed by atoms with Gasteiger partial charge in [0, 0.05) is 31.0 Å². The smallest absolute Gasteiger partial charge is 0.261 e. The molecular weight excluding hydrogens is 392 g/mol. The quantitative estimate of drug-likeness (QED) is 0.444. The Bertz CT molecular complexity index is 1180. The standard InChI is InChI=1S/C21H19ClN4OS/c1-25-12-10-23-21(25)28-14-19-24-18-8-3-2-7-17(18)20(27)26(19)11-9-15-5-4-6-16(22)13-15/h2-8,10,12-13H,9,11,14H2,1H3. The van der Waals surface area contributed by atoms with Crippen LogP contribution in [0.15, 0.2) is 70.9 Å². The van der Waals surface area contributed by atoms with E-state index >= 15 is 0 Å². The molecule has 4 aromatic rings. The van der Waals surface area contributed by atoms with Crippen LogP contribution in [0.3, 0.4) is 0 Å². The third-order valence-corrected chi connectivity index (χ3v) is 5.85. The van der Waals surface area contributed by atoms with Gasteiger partial charge in [-0.2, -0.15) is 0 Å². The molecule has 0 aliphatic heterocycles. The van der Waals surface area contributed by atoms with Crippen LogP contribution in [0.4, 0.5) is 0 Å². The van der Waals surface area contributed by atoms with E-state index < -0.39 is 0 Å². The Hall–Kier alpha value is -2.57. The lowest BCUT2D eigenvalue weighted by Gasteiger charge is -2.13. The second kappa shape index (κ2) is 8.20. The van der Waals surface area contributed by atoms with E-state index in [4.69, 9.17) is 16.6 Å². The van der Waals surface area contributed by atoms with E-state index in [1.165, 1.54) is 0 Å². The van der Waals surface area contributed by atoms with Crippen LogP contribution in [0.2, 0.25) is 5.02 Å². The molecule has 0 aliphatic carbocycles. The summed E-state index contributed by atoms with van der Waals surface area (Å²) in [7, 11) is 1.95. The van der Waals surface area contributed by atoms with Crippen LogP contribution in [0.5, 0.6) is 0 Å². The van der Waals surface area contributed by atoms with Gasteiger partial charge in [-0.3, -0.25) is 9.36 Å². The number of aromatic nitrogens is 4. The summed E-state index contributed by atoms with van der Waals surface area (Å²) in [6.45, 7) is 0.549. The summed E-state index contributed by atoms with van der Waals surface area (Å²) < 4.78 is 3.74. The first-order valence-electron chi connectivity index (χ1n) is 8.95. The number of nitrogens with zero attached hydrogens (tertiary/aromatic N) is 4. The molecule has 5 nitrogen and oxygen atoms in total. The molecule has 0 aliphatic rings. The van der Waals surface area contributed by atoms with Crippen molar-refractivity contribution in [2.24, 2.45) is 7.05 Å². The molecule has 0 unspecified atom stereocenters. The minimum atomic E-state index is -0.0110. The highest BCUT2D eigenvalue weighted by atomic mass is 35.5. The molecule has 0 atom stereocenters. The molecule has 0 saturated carbocycles. The van der Waals surface area contributed by atoms with Crippen molar-refractivity contribution in [2.45, 2.75) is 23.9 Å². The van der Waals surface area contributed by atoms with Gasteiger partial charge < -0.3 is 4.57 Å². The summed E-state index contributed by atoms with van der Waals surface area (Å²) in [5.74, 6) is 1.32. The summed E-state index contributed by atoms with van der Waals surface area (Å²) >= 11 is 7.67. The van der Waals surface area contributed by atoms with Gasteiger partial charge >= 0.3 is 0 Å². The average molecular weight is 411 g/mol. The van der Waals surface area contributed by atoms with Gasteiger partial charge in [-0.05, 0) is 36.2 Å². The van der Waals surface area contributed by atoms with Crippen molar-refractivity contribution >= 4 is 34.3 Å². The molecule has 0 radical (unpaired) electrons. The Kier molecular flexibility index (Phi) is 5.50. The van der Waals surface area contributed by atoms with Crippen LogP contribution < -0.4 is 5.56 Å². The van der Waals surface area contributed by atoms with E-state index in [0.29, 0.717) is 29.1 Å². The molecule has 142 valence electrons. The highest BCUT2D eigenvalue weighted by Crippen LogP contribution is 2.21. The van der Waals surface area contributed by atoms with Crippen molar-refractivity contribution in [1.29, 1.82) is 0 Å². The number of hydrogen-bond donors (Lipinski definition) is 0. The fourth-order valence-corrected chi connectivity index (χ4v) is 4.20. The number of thioether (sulfide) groups is 1. The second-order valence-corrected chi connectivity index (χ2v) is 7.87. The van der Waals surface area contributed by atoms with Gasteiger partial charge in [-0.25, -0.2) is 9.97 Å². The Labute approximate surface area is 172 Å². The Morgan fingerprint density at radius 2 is 2.00 bits per heavy atom. The SMILES string of the molecule is Cn1ccnc1SCc1nc2ccccc2c(=O)n1CCc1cccc(Cl)c1. The van der Waals surface area contributed by atoms with Gasteiger partial charge in [0.1, 0.15) is 5.82 Å². The molecule has 28 heavy (non-hydrogen) atoms. The van der Waals surface area contributed by atoms with Gasteiger partial charge in [-0.1, -0.05) is 47.6 Å². The molecule has 0 saturated heterocycles. The third kappa shape index (κ3) is 3.98. The van der Waals surface area contributed by atoms with Crippen molar-refractivity contribution in [2.75, 3.05) is 0 Å². The second-order valence-electron chi connectivity index (χ2n) is 6.49.